The molecule has 0 amide bonds. The fourth-order valence-electron chi connectivity index (χ4n) is 4.21. The molecule has 0 saturated carbocycles. The average Bonchev–Trinajstić information content (AvgIpc) is 3.24. The molecule has 2 heterocycles. The highest BCUT2D eigenvalue weighted by Crippen LogP contribution is 2.41. The van der Waals surface area contributed by atoms with Gasteiger partial charge in [0, 0.05) is 23.4 Å². The quantitative estimate of drug-likeness (QED) is 0.162. The van der Waals surface area contributed by atoms with Gasteiger partial charge in [-0.1, -0.05) is 23.7 Å². The number of nitrogens with zero attached hydrogens (tertiary/aromatic N) is 2. The van der Waals surface area contributed by atoms with E-state index in [0.717, 1.165) is 17.7 Å². The number of rotatable bonds is 10. The lowest BCUT2D eigenvalue weighted by molar-refractivity contribution is -0.151. The van der Waals surface area contributed by atoms with Crippen molar-refractivity contribution >= 4 is 28.6 Å². The van der Waals surface area contributed by atoms with Crippen LogP contribution in [0.3, 0.4) is 0 Å². The minimum atomic E-state index is -0.774. The summed E-state index contributed by atoms with van der Waals surface area (Å²) in [6.45, 7) is 6.38. The molecule has 1 aromatic heterocycles. The molecule has 0 fully saturated rings. The minimum Gasteiger partial charge on any atom is -0.490 e. The Morgan fingerprint density at radius 3 is 2.67 bits per heavy atom. The smallest absolute Gasteiger partial charge is 0.347 e. The van der Waals surface area contributed by atoms with Gasteiger partial charge in [0.05, 0.1) is 30.4 Å². The summed E-state index contributed by atoms with van der Waals surface area (Å²) in [5.41, 5.74) is 2.27. The van der Waals surface area contributed by atoms with Crippen molar-refractivity contribution in [3.8, 4) is 28.9 Å². The molecule has 0 N–H and O–H groups in total. The van der Waals surface area contributed by atoms with Crippen molar-refractivity contribution in [2.75, 3.05) is 13.2 Å². The second-order valence-corrected chi connectivity index (χ2v) is 10.3. The van der Waals surface area contributed by atoms with Gasteiger partial charge in [-0.2, -0.15) is 0 Å². The van der Waals surface area contributed by atoms with Crippen LogP contribution in [0.25, 0.3) is 11.0 Å². The zero-order valence-electron chi connectivity index (χ0n) is 22.0. The number of aromatic nitrogens is 2. The number of carbonyl (C=O) groups is 1. The number of ether oxygens (including phenoxy) is 5. The largest absolute Gasteiger partial charge is 0.490 e. The normalized spacial score (nSPS) is 14.3. The van der Waals surface area contributed by atoms with E-state index < -0.39 is 12.1 Å². The Labute approximate surface area is 231 Å². The molecule has 0 unspecified atom stereocenters. The molecule has 5 rings (SSSR count). The summed E-state index contributed by atoms with van der Waals surface area (Å²) in [5.74, 6) is 2.48. The molecule has 39 heavy (non-hydrogen) atoms. The molecule has 0 spiro atoms. The van der Waals surface area contributed by atoms with E-state index in [4.69, 9.17) is 35.3 Å². The van der Waals surface area contributed by atoms with E-state index in [9.17, 15) is 4.79 Å². The Kier molecular flexibility index (Phi) is 7.74. The maximum atomic E-state index is 12.4. The molecule has 1 aliphatic rings. The number of fused-ring (bicyclic) bond motifs is 2. The Balaban J connectivity index is 1.05. The van der Waals surface area contributed by atoms with E-state index in [0.29, 0.717) is 52.2 Å². The molecular weight excluding hydrogens is 520 g/mol. The number of benzene rings is 3. The molecule has 0 aliphatic carbocycles. The lowest BCUT2D eigenvalue weighted by atomic mass is 10.0. The second kappa shape index (κ2) is 11.4. The van der Waals surface area contributed by atoms with Crippen LogP contribution in [-0.4, -0.2) is 40.9 Å². The maximum absolute atomic E-state index is 12.4. The van der Waals surface area contributed by atoms with E-state index in [1.165, 1.54) is 6.20 Å². The van der Waals surface area contributed by atoms with Gasteiger partial charge in [-0.15, -0.1) is 0 Å². The zero-order chi connectivity index (χ0) is 27.4. The van der Waals surface area contributed by atoms with Gasteiger partial charge in [0.1, 0.15) is 17.1 Å². The van der Waals surface area contributed by atoms with Crippen molar-refractivity contribution in [1.82, 2.24) is 9.97 Å². The Morgan fingerprint density at radius 1 is 1.05 bits per heavy atom. The van der Waals surface area contributed by atoms with Crippen molar-refractivity contribution < 1.29 is 28.5 Å². The number of hydrogen-bond acceptors (Lipinski definition) is 8. The van der Waals surface area contributed by atoms with Crippen LogP contribution >= 0.6 is 11.6 Å². The van der Waals surface area contributed by atoms with Crippen molar-refractivity contribution in [1.29, 1.82) is 0 Å². The highest BCUT2D eigenvalue weighted by atomic mass is 35.5. The number of esters is 1. The van der Waals surface area contributed by atoms with Crippen LogP contribution in [0.2, 0.25) is 5.02 Å². The predicted molar refractivity (Wildman–Crippen MR) is 147 cm³/mol. The zero-order valence-corrected chi connectivity index (χ0v) is 22.7. The highest BCUT2D eigenvalue weighted by molar-refractivity contribution is 6.31. The first-order valence-electron chi connectivity index (χ1n) is 12.7. The van der Waals surface area contributed by atoms with Gasteiger partial charge in [0.2, 0.25) is 5.88 Å². The predicted octanol–water partition coefficient (Wildman–Crippen LogP) is 6.57. The molecule has 4 aromatic rings. The van der Waals surface area contributed by atoms with Gasteiger partial charge < -0.3 is 23.7 Å². The summed E-state index contributed by atoms with van der Waals surface area (Å²) < 4.78 is 28.8. The van der Waals surface area contributed by atoms with Gasteiger partial charge >= 0.3 is 5.97 Å². The Bertz CT molecular complexity index is 1470. The van der Waals surface area contributed by atoms with E-state index in [1.54, 1.807) is 49.4 Å². The first-order chi connectivity index (χ1) is 18.8. The minimum absolute atomic E-state index is 0.222. The van der Waals surface area contributed by atoms with Crippen LogP contribution in [-0.2, 0) is 16.0 Å². The van der Waals surface area contributed by atoms with Crippen LogP contribution in [0, 0.1) is 0 Å². The van der Waals surface area contributed by atoms with Crippen LogP contribution in [0.1, 0.15) is 32.8 Å². The first-order valence-corrected chi connectivity index (χ1v) is 13.1. The van der Waals surface area contributed by atoms with Gasteiger partial charge in [-0.05, 0) is 69.3 Å². The summed E-state index contributed by atoms with van der Waals surface area (Å²) in [6.07, 6.45) is 2.15. The van der Waals surface area contributed by atoms with Crippen LogP contribution in [0.5, 0.6) is 28.9 Å². The van der Waals surface area contributed by atoms with Gasteiger partial charge in [0.15, 0.2) is 17.6 Å². The fraction of sp³-hybridized carbons (Fsp3) is 0.300. The Morgan fingerprint density at radius 2 is 1.85 bits per heavy atom. The van der Waals surface area contributed by atoms with Crippen LogP contribution in [0.15, 0.2) is 66.9 Å². The molecule has 202 valence electrons. The van der Waals surface area contributed by atoms with Crippen molar-refractivity contribution in [2.45, 2.75) is 45.3 Å². The average molecular weight is 549 g/mol. The molecule has 9 heteroatoms. The van der Waals surface area contributed by atoms with Gasteiger partial charge in [0.25, 0.3) is 0 Å². The van der Waals surface area contributed by atoms with E-state index in [1.807, 2.05) is 12.1 Å². The lowest BCUT2D eigenvalue weighted by Gasteiger charge is -2.18. The Hall–Kier alpha value is -4.04. The molecule has 3 aromatic carbocycles. The summed E-state index contributed by atoms with van der Waals surface area (Å²) in [6, 6.07) is 18.1. The monoisotopic (exact) mass is 548 g/mol. The van der Waals surface area contributed by atoms with E-state index in [2.05, 4.69) is 29.9 Å². The number of carbonyl (C=O) groups excluding carboxylic acids is 1. The molecule has 0 bridgehead atoms. The molecule has 1 aliphatic heterocycles. The molecule has 8 nitrogen and oxygen atoms in total. The van der Waals surface area contributed by atoms with Gasteiger partial charge in [-0.3, -0.25) is 0 Å². The topological polar surface area (TPSA) is 89.0 Å². The molecule has 1 atom stereocenters. The third-order valence-corrected chi connectivity index (χ3v) is 6.25. The standard InChI is InChI=1S/C30H29ClN2O6/c1-19(29(34)36-15-5-14-35-26-7-4-6-20-17-30(2,3)39-28(20)26)37-22-9-11-23(12-10-22)38-27-18-32-25-16-21(31)8-13-24(25)33-27/h4,6-13,16,18-19H,5,14-15,17H2,1-3H3/t19-/m1/s1. The first kappa shape index (κ1) is 26.6. The highest BCUT2D eigenvalue weighted by Gasteiger charge is 2.32. The molecule has 0 saturated heterocycles. The SMILES string of the molecule is C[C@@H](Oc1ccc(Oc2cnc3cc(Cl)ccc3n2)cc1)C(=O)OCCCOc1cccc2c1OC(C)(C)C2. The molecular formula is C30H29ClN2O6. The maximum Gasteiger partial charge on any atom is 0.347 e. The number of halogens is 1. The van der Waals surface area contributed by atoms with Crippen molar-refractivity contribution in [3.63, 3.8) is 0 Å². The summed E-state index contributed by atoms with van der Waals surface area (Å²) in [7, 11) is 0. The second-order valence-electron chi connectivity index (χ2n) is 9.83. The lowest BCUT2D eigenvalue weighted by Crippen LogP contribution is -2.26. The van der Waals surface area contributed by atoms with E-state index >= 15 is 0 Å². The van der Waals surface area contributed by atoms with Gasteiger partial charge in [-0.25, -0.2) is 14.8 Å². The van der Waals surface area contributed by atoms with Crippen LogP contribution in [0.4, 0.5) is 0 Å². The van der Waals surface area contributed by atoms with Crippen molar-refractivity contribution in [2.24, 2.45) is 0 Å². The third kappa shape index (κ3) is 6.70. The number of para-hydroxylation sites is 1. The fourth-order valence-corrected chi connectivity index (χ4v) is 4.37. The van der Waals surface area contributed by atoms with Crippen LogP contribution < -0.4 is 18.9 Å². The number of hydrogen-bond donors (Lipinski definition) is 0. The van der Waals surface area contributed by atoms with Crippen molar-refractivity contribution in [3.05, 3.63) is 77.4 Å². The summed E-state index contributed by atoms with van der Waals surface area (Å²) in [4.78, 5) is 21.1. The third-order valence-electron chi connectivity index (χ3n) is 6.02. The summed E-state index contributed by atoms with van der Waals surface area (Å²) in [5, 5.41) is 0.596. The molecule has 0 radical (unpaired) electrons. The summed E-state index contributed by atoms with van der Waals surface area (Å²) >= 11 is 5.99. The van der Waals surface area contributed by atoms with E-state index in [-0.39, 0.29) is 12.2 Å².